The van der Waals surface area contributed by atoms with Gasteiger partial charge in [-0.2, -0.15) is 0 Å². The number of carbonyl (C=O) groups is 1. The van der Waals surface area contributed by atoms with Crippen LogP contribution in [0.25, 0.3) is 22.6 Å². The molecule has 0 saturated heterocycles. The Kier molecular flexibility index (Phi) is 5.61. The van der Waals surface area contributed by atoms with Gasteiger partial charge < -0.3 is 14.5 Å². The van der Waals surface area contributed by atoms with Gasteiger partial charge in [-0.1, -0.05) is 24.3 Å². The van der Waals surface area contributed by atoms with Crippen molar-refractivity contribution in [3.8, 4) is 17.2 Å². The van der Waals surface area contributed by atoms with Crippen LogP contribution < -0.4 is 10.1 Å². The molecule has 0 spiro atoms. The minimum Gasteiger partial charge on any atom is -0.487 e. The van der Waals surface area contributed by atoms with Gasteiger partial charge in [0.2, 0.25) is 5.89 Å². The van der Waals surface area contributed by atoms with Crippen LogP contribution in [0.3, 0.4) is 0 Å². The van der Waals surface area contributed by atoms with Crippen LogP contribution in [0.1, 0.15) is 22.8 Å². The largest absolute Gasteiger partial charge is 0.487 e. The molecule has 0 radical (unpaired) electrons. The van der Waals surface area contributed by atoms with E-state index < -0.39 is 10.8 Å². The number of hydrogen-bond donors (Lipinski definition) is 1. The minimum atomic E-state index is -0.563. The maximum atomic E-state index is 12.5. The first-order valence-corrected chi connectivity index (χ1v) is 9.69. The molecule has 1 aromatic heterocycles. The zero-order valence-electron chi connectivity index (χ0n) is 16.7. The lowest BCUT2D eigenvalue weighted by molar-refractivity contribution is -0.385. The molecule has 31 heavy (non-hydrogen) atoms. The van der Waals surface area contributed by atoms with Crippen molar-refractivity contribution in [2.24, 2.45) is 0 Å². The third kappa shape index (κ3) is 4.37. The van der Waals surface area contributed by atoms with Crippen LogP contribution in [0, 0.1) is 10.1 Å². The molecule has 0 bridgehead atoms. The lowest BCUT2D eigenvalue weighted by Gasteiger charge is -2.08. The van der Waals surface area contributed by atoms with E-state index in [0.29, 0.717) is 12.5 Å². The number of nitrogens with one attached hydrogen (secondary N) is 1. The molecule has 8 nitrogen and oxygen atoms in total. The number of nitro groups is 1. The van der Waals surface area contributed by atoms with Gasteiger partial charge in [-0.05, 0) is 48.9 Å². The van der Waals surface area contributed by atoms with Gasteiger partial charge in [-0.15, -0.1) is 0 Å². The van der Waals surface area contributed by atoms with Gasteiger partial charge in [0.1, 0.15) is 5.52 Å². The van der Waals surface area contributed by atoms with E-state index in [1.807, 2.05) is 48.5 Å². The Morgan fingerprint density at radius 2 is 1.90 bits per heavy atom. The molecule has 0 fully saturated rings. The number of nitrogens with zero attached hydrogens (tertiary/aromatic N) is 2. The normalized spacial score (nSPS) is 10.7. The van der Waals surface area contributed by atoms with Crippen molar-refractivity contribution in [2.75, 3.05) is 6.61 Å². The van der Waals surface area contributed by atoms with Gasteiger partial charge >= 0.3 is 5.69 Å². The summed E-state index contributed by atoms with van der Waals surface area (Å²) in [4.78, 5) is 27.6. The molecule has 0 aliphatic heterocycles. The van der Waals surface area contributed by atoms with E-state index in [9.17, 15) is 14.9 Å². The van der Waals surface area contributed by atoms with Crippen LogP contribution in [-0.2, 0) is 6.54 Å². The lowest BCUT2D eigenvalue weighted by atomic mass is 10.1. The van der Waals surface area contributed by atoms with Crippen molar-refractivity contribution in [1.29, 1.82) is 0 Å². The number of benzene rings is 3. The van der Waals surface area contributed by atoms with Crippen molar-refractivity contribution in [3.05, 3.63) is 88.0 Å². The molecule has 8 heteroatoms. The summed E-state index contributed by atoms with van der Waals surface area (Å²) in [6.07, 6.45) is 0. The summed E-state index contributed by atoms with van der Waals surface area (Å²) >= 11 is 0. The molecule has 0 saturated carbocycles. The Morgan fingerprint density at radius 3 is 2.61 bits per heavy atom. The average molecular weight is 417 g/mol. The number of para-hydroxylation sites is 2. The van der Waals surface area contributed by atoms with Crippen LogP contribution >= 0.6 is 0 Å². The second-order valence-corrected chi connectivity index (χ2v) is 6.74. The van der Waals surface area contributed by atoms with Crippen LogP contribution in [-0.4, -0.2) is 22.4 Å². The number of aromatic nitrogens is 1. The Balaban J connectivity index is 1.44. The fourth-order valence-corrected chi connectivity index (χ4v) is 3.12. The third-order valence-corrected chi connectivity index (χ3v) is 4.67. The van der Waals surface area contributed by atoms with E-state index in [1.54, 1.807) is 6.92 Å². The Morgan fingerprint density at radius 1 is 1.13 bits per heavy atom. The highest BCUT2D eigenvalue weighted by Gasteiger charge is 2.18. The zero-order chi connectivity index (χ0) is 21.8. The summed E-state index contributed by atoms with van der Waals surface area (Å²) in [5, 5.41) is 14.0. The summed E-state index contributed by atoms with van der Waals surface area (Å²) in [5.41, 5.74) is 3.16. The van der Waals surface area contributed by atoms with Crippen molar-refractivity contribution >= 4 is 22.7 Å². The van der Waals surface area contributed by atoms with Gasteiger partial charge in [-0.25, -0.2) is 4.98 Å². The maximum Gasteiger partial charge on any atom is 0.311 e. The number of oxazole rings is 1. The highest BCUT2D eigenvalue weighted by atomic mass is 16.6. The first-order chi connectivity index (χ1) is 15.0. The SMILES string of the molecule is CCOc1ccc(C(=O)NCc2ccc(-c3nc4ccccc4o3)cc2)cc1[N+](=O)[O-]. The molecule has 0 atom stereocenters. The summed E-state index contributed by atoms with van der Waals surface area (Å²) < 4.78 is 11.0. The fourth-order valence-electron chi connectivity index (χ4n) is 3.12. The molecule has 3 aromatic carbocycles. The number of nitro benzene ring substituents is 1. The molecule has 0 unspecified atom stereocenters. The van der Waals surface area contributed by atoms with Gasteiger partial charge in [0.25, 0.3) is 5.91 Å². The Hall–Kier alpha value is -4.20. The van der Waals surface area contributed by atoms with E-state index in [-0.39, 0.29) is 23.5 Å². The molecule has 156 valence electrons. The first-order valence-electron chi connectivity index (χ1n) is 9.69. The quantitative estimate of drug-likeness (QED) is 0.344. The zero-order valence-corrected chi connectivity index (χ0v) is 16.7. The molecule has 1 amide bonds. The Bertz CT molecular complexity index is 1210. The summed E-state index contributed by atoms with van der Waals surface area (Å²) in [6, 6.07) is 19.2. The highest BCUT2D eigenvalue weighted by Crippen LogP contribution is 2.28. The number of carbonyl (C=O) groups excluding carboxylic acids is 1. The summed E-state index contributed by atoms with van der Waals surface area (Å²) in [7, 11) is 0. The van der Waals surface area contributed by atoms with Gasteiger partial charge in [-0.3, -0.25) is 14.9 Å². The molecule has 0 aliphatic carbocycles. The average Bonchev–Trinajstić information content (AvgIpc) is 3.22. The molecular weight excluding hydrogens is 398 g/mol. The predicted octanol–water partition coefficient (Wildman–Crippen LogP) is 4.73. The van der Waals surface area contributed by atoms with Crippen LogP contribution in [0.15, 0.2) is 71.1 Å². The monoisotopic (exact) mass is 417 g/mol. The summed E-state index contributed by atoms with van der Waals surface area (Å²) in [6.45, 7) is 2.31. The number of ether oxygens (including phenoxy) is 1. The molecule has 4 aromatic rings. The fraction of sp³-hybridized carbons (Fsp3) is 0.130. The molecule has 0 aliphatic rings. The standard InChI is InChI=1S/C23H19N3O5/c1-2-30-21-12-11-17(13-19(21)26(28)29)22(27)24-14-15-7-9-16(10-8-15)23-25-18-5-3-4-6-20(18)31-23/h3-13H,2,14H2,1H3,(H,24,27). The highest BCUT2D eigenvalue weighted by molar-refractivity contribution is 5.95. The van der Waals surface area contributed by atoms with Crippen LogP contribution in [0.2, 0.25) is 0 Å². The van der Waals surface area contributed by atoms with Crippen LogP contribution in [0.4, 0.5) is 5.69 Å². The molecule has 1 N–H and O–H groups in total. The maximum absolute atomic E-state index is 12.5. The second kappa shape index (κ2) is 8.66. The van der Waals surface area contributed by atoms with Crippen molar-refractivity contribution in [1.82, 2.24) is 10.3 Å². The number of hydrogen-bond acceptors (Lipinski definition) is 6. The number of rotatable bonds is 7. The van der Waals surface area contributed by atoms with E-state index in [1.165, 1.54) is 18.2 Å². The lowest BCUT2D eigenvalue weighted by Crippen LogP contribution is -2.22. The van der Waals surface area contributed by atoms with Gasteiger partial charge in [0.05, 0.1) is 11.5 Å². The smallest absolute Gasteiger partial charge is 0.311 e. The minimum absolute atomic E-state index is 0.138. The van der Waals surface area contributed by atoms with E-state index in [2.05, 4.69) is 10.3 Å². The molecule has 4 rings (SSSR count). The third-order valence-electron chi connectivity index (χ3n) is 4.67. The van der Waals surface area contributed by atoms with Gasteiger partial charge in [0.15, 0.2) is 11.3 Å². The van der Waals surface area contributed by atoms with E-state index in [0.717, 1.165) is 22.2 Å². The van der Waals surface area contributed by atoms with Crippen molar-refractivity contribution in [3.63, 3.8) is 0 Å². The number of fused-ring (bicyclic) bond motifs is 1. The van der Waals surface area contributed by atoms with Crippen LogP contribution in [0.5, 0.6) is 5.75 Å². The van der Waals surface area contributed by atoms with Gasteiger partial charge in [0, 0.05) is 23.7 Å². The topological polar surface area (TPSA) is 108 Å². The van der Waals surface area contributed by atoms with E-state index >= 15 is 0 Å². The second-order valence-electron chi connectivity index (χ2n) is 6.74. The van der Waals surface area contributed by atoms with Crippen molar-refractivity contribution in [2.45, 2.75) is 13.5 Å². The van der Waals surface area contributed by atoms with Crippen molar-refractivity contribution < 1.29 is 18.9 Å². The first kappa shape index (κ1) is 20.1. The number of amides is 1. The Labute approximate surface area is 177 Å². The summed E-state index contributed by atoms with van der Waals surface area (Å²) in [5.74, 6) is 0.256. The molecular formula is C23H19N3O5. The van der Waals surface area contributed by atoms with E-state index in [4.69, 9.17) is 9.15 Å². The predicted molar refractivity (Wildman–Crippen MR) is 115 cm³/mol. The molecule has 1 heterocycles.